The number of β-amino-alcohol motifs (C(OH)–C–C–N with tert-alkyl or cyclic N) is 1. The molecule has 0 amide bonds. The number of nitrogens with zero attached hydrogens (tertiary/aromatic N) is 1. The average Bonchev–Trinajstić information content (AvgIpc) is 2.59. The van der Waals surface area contributed by atoms with Gasteiger partial charge in [-0.1, -0.05) is 6.42 Å². The van der Waals surface area contributed by atoms with Gasteiger partial charge in [0.1, 0.15) is 23.8 Å². The van der Waals surface area contributed by atoms with Gasteiger partial charge in [-0.2, -0.15) is 0 Å². The minimum absolute atomic E-state index is 0.155. The van der Waals surface area contributed by atoms with E-state index in [-0.39, 0.29) is 19.0 Å². The van der Waals surface area contributed by atoms with E-state index in [1.807, 2.05) is 0 Å². The Bertz CT molecular complexity index is 463. The SMILES string of the molecule is O[C@@]1(COc2ccc(F)cc2)COCCN(C2CCC2)C1. The molecular formula is C16H22FNO3. The van der Waals surface area contributed by atoms with Crippen molar-refractivity contribution in [1.29, 1.82) is 0 Å². The quantitative estimate of drug-likeness (QED) is 0.920. The van der Waals surface area contributed by atoms with E-state index in [1.165, 1.54) is 31.4 Å². The van der Waals surface area contributed by atoms with Crippen molar-refractivity contribution in [2.45, 2.75) is 30.9 Å². The first-order valence-electron chi connectivity index (χ1n) is 7.57. The summed E-state index contributed by atoms with van der Waals surface area (Å²) >= 11 is 0. The van der Waals surface area contributed by atoms with Gasteiger partial charge in [0.25, 0.3) is 0 Å². The predicted molar refractivity (Wildman–Crippen MR) is 76.9 cm³/mol. The lowest BCUT2D eigenvalue weighted by Gasteiger charge is -2.39. The van der Waals surface area contributed by atoms with Gasteiger partial charge in [-0.15, -0.1) is 0 Å². The van der Waals surface area contributed by atoms with Crippen LogP contribution in [-0.4, -0.2) is 54.6 Å². The van der Waals surface area contributed by atoms with E-state index in [9.17, 15) is 9.50 Å². The maximum absolute atomic E-state index is 12.9. The van der Waals surface area contributed by atoms with Crippen molar-refractivity contribution in [1.82, 2.24) is 4.90 Å². The summed E-state index contributed by atoms with van der Waals surface area (Å²) in [6, 6.07) is 6.41. The molecule has 1 aromatic rings. The highest BCUT2D eigenvalue weighted by Crippen LogP contribution is 2.27. The van der Waals surface area contributed by atoms with Crippen LogP contribution in [0.2, 0.25) is 0 Å². The molecule has 2 aliphatic rings. The maximum atomic E-state index is 12.9. The number of hydrogen-bond acceptors (Lipinski definition) is 4. The van der Waals surface area contributed by atoms with E-state index in [4.69, 9.17) is 9.47 Å². The van der Waals surface area contributed by atoms with Gasteiger partial charge < -0.3 is 14.6 Å². The highest BCUT2D eigenvalue weighted by atomic mass is 19.1. The second-order valence-corrected chi connectivity index (χ2v) is 6.07. The van der Waals surface area contributed by atoms with E-state index in [1.54, 1.807) is 12.1 Å². The van der Waals surface area contributed by atoms with E-state index >= 15 is 0 Å². The number of rotatable bonds is 4. The van der Waals surface area contributed by atoms with Crippen molar-refractivity contribution in [3.63, 3.8) is 0 Å². The molecule has 0 radical (unpaired) electrons. The van der Waals surface area contributed by atoms with Crippen LogP contribution in [0.25, 0.3) is 0 Å². The summed E-state index contributed by atoms with van der Waals surface area (Å²) in [5.74, 6) is 0.263. The highest BCUT2D eigenvalue weighted by Gasteiger charge is 2.37. The molecule has 0 aromatic heterocycles. The standard InChI is InChI=1S/C16H22FNO3/c17-13-4-6-15(7-5-13)21-12-16(19)10-18(8-9-20-11-16)14-2-1-3-14/h4-7,14,19H,1-3,8-12H2/t16-/m1/s1. The predicted octanol–water partition coefficient (Wildman–Crippen LogP) is 1.82. The Morgan fingerprint density at radius 2 is 2.10 bits per heavy atom. The minimum Gasteiger partial charge on any atom is -0.490 e. The normalized spacial score (nSPS) is 27.9. The van der Waals surface area contributed by atoms with Gasteiger partial charge in [0.05, 0.1) is 13.2 Å². The van der Waals surface area contributed by atoms with Crippen LogP contribution in [-0.2, 0) is 4.74 Å². The second kappa shape index (κ2) is 6.30. The molecule has 1 N–H and O–H groups in total. The second-order valence-electron chi connectivity index (χ2n) is 6.07. The third-order valence-corrected chi connectivity index (χ3v) is 4.30. The molecule has 4 nitrogen and oxygen atoms in total. The van der Waals surface area contributed by atoms with Crippen LogP contribution in [0.1, 0.15) is 19.3 Å². The Kier molecular flexibility index (Phi) is 4.42. The third-order valence-electron chi connectivity index (χ3n) is 4.30. The summed E-state index contributed by atoms with van der Waals surface area (Å²) in [7, 11) is 0. The first kappa shape index (κ1) is 14.8. The molecule has 5 heteroatoms. The molecule has 1 aliphatic heterocycles. The van der Waals surface area contributed by atoms with Crippen molar-refractivity contribution in [2.75, 3.05) is 32.9 Å². The van der Waals surface area contributed by atoms with Gasteiger partial charge in [0.15, 0.2) is 0 Å². The third kappa shape index (κ3) is 3.73. The van der Waals surface area contributed by atoms with Gasteiger partial charge in [0.2, 0.25) is 0 Å². The summed E-state index contributed by atoms with van der Waals surface area (Å²) < 4.78 is 24.0. The molecule has 1 heterocycles. The summed E-state index contributed by atoms with van der Waals surface area (Å²) in [6.45, 7) is 2.51. The van der Waals surface area contributed by atoms with Crippen LogP contribution in [0.15, 0.2) is 24.3 Å². The van der Waals surface area contributed by atoms with Crippen LogP contribution in [0.3, 0.4) is 0 Å². The fourth-order valence-corrected chi connectivity index (χ4v) is 2.85. The smallest absolute Gasteiger partial charge is 0.134 e. The molecule has 1 atom stereocenters. The van der Waals surface area contributed by atoms with Crippen LogP contribution in [0.5, 0.6) is 5.75 Å². The summed E-state index contributed by atoms with van der Waals surface area (Å²) in [4.78, 5) is 2.31. The lowest BCUT2D eigenvalue weighted by atomic mass is 9.90. The fourth-order valence-electron chi connectivity index (χ4n) is 2.85. The molecule has 0 spiro atoms. The molecule has 0 bridgehead atoms. The Balaban J connectivity index is 1.59. The van der Waals surface area contributed by atoms with Crippen molar-refractivity contribution in [3.05, 3.63) is 30.1 Å². The Morgan fingerprint density at radius 1 is 1.33 bits per heavy atom. The lowest BCUT2D eigenvalue weighted by molar-refractivity contribution is -0.0698. The average molecular weight is 295 g/mol. The zero-order valence-electron chi connectivity index (χ0n) is 12.1. The molecule has 1 aliphatic carbocycles. The zero-order valence-corrected chi connectivity index (χ0v) is 12.1. The Labute approximate surface area is 124 Å². The highest BCUT2D eigenvalue weighted by molar-refractivity contribution is 5.22. The Morgan fingerprint density at radius 3 is 2.76 bits per heavy atom. The van der Waals surface area contributed by atoms with E-state index < -0.39 is 5.60 Å². The van der Waals surface area contributed by atoms with Crippen LogP contribution in [0, 0.1) is 5.82 Å². The first-order chi connectivity index (χ1) is 10.1. The molecule has 3 rings (SSSR count). The summed E-state index contributed by atoms with van der Waals surface area (Å²) in [5, 5.41) is 10.7. The molecule has 116 valence electrons. The van der Waals surface area contributed by atoms with Crippen LogP contribution in [0.4, 0.5) is 4.39 Å². The van der Waals surface area contributed by atoms with Gasteiger partial charge in [-0.25, -0.2) is 4.39 Å². The van der Waals surface area contributed by atoms with Crippen LogP contribution >= 0.6 is 0 Å². The van der Waals surface area contributed by atoms with Gasteiger partial charge in [-0.05, 0) is 37.1 Å². The zero-order chi connectivity index (χ0) is 14.7. The van der Waals surface area contributed by atoms with Crippen LogP contribution < -0.4 is 4.74 Å². The number of hydrogen-bond donors (Lipinski definition) is 1. The largest absolute Gasteiger partial charge is 0.490 e. The topological polar surface area (TPSA) is 41.9 Å². The monoisotopic (exact) mass is 295 g/mol. The summed E-state index contributed by atoms with van der Waals surface area (Å²) in [6.07, 6.45) is 3.68. The van der Waals surface area contributed by atoms with Gasteiger partial charge in [0, 0.05) is 19.1 Å². The van der Waals surface area contributed by atoms with Crippen molar-refractivity contribution >= 4 is 0 Å². The number of ether oxygens (including phenoxy) is 2. The molecule has 1 aromatic carbocycles. The van der Waals surface area contributed by atoms with E-state index in [0.29, 0.717) is 24.9 Å². The van der Waals surface area contributed by atoms with Gasteiger partial charge >= 0.3 is 0 Å². The summed E-state index contributed by atoms with van der Waals surface area (Å²) in [5.41, 5.74) is -1.01. The van der Waals surface area contributed by atoms with Gasteiger partial charge in [-0.3, -0.25) is 4.90 Å². The number of halogens is 1. The molecule has 0 unspecified atom stereocenters. The van der Waals surface area contributed by atoms with Crippen molar-refractivity contribution in [2.24, 2.45) is 0 Å². The van der Waals surface area contributed by atoms with E-state index in [0.717, 1.165) is 6.54 Å². The molecule has 2 fully saturated rings. The van der Waals surface area contributed by atoms with Crippen molar-refractivity contribution < 1.29 is 19.0 Å². The minimum atomic E-state index is -1.01. The lowest BCUT2D eigenvalue weighted by Crippen LogP contribution is -2.52. The fraction of sp³-hybridized carbons (Fsp3) is 0.625. The number of benzene rings is 1. The first-order valence-corrected chi connectivity index (χ1v) is 7.57. The Hall–Kier alpha value is -1.17. The molecular weight excluding hydrogens is 273 g/mol. The molecule has 21 heavy (non-hydrogen) atoms. The van der Waals surface area contributed by atoms with E-state index in [2.05, 4.69) is 4.90 Å². The van der Waals surface area contributed by atoms with Crippen molar-refractivity contribution in [3.8, 4) is 5.75 Å². The number of aliphatic hydroxyl groups is 1. The molecule has 1 saturated carbocycles. The maximum Gasteiger partial charge on any atom is 0.134 e. The molecule has 1 saturated heterocycles.